The fraction of sp³-hybridized carbons (Fsp3) is 0.316. The van der Waals surface area contributed by atoms with E-state index in [2.05, 4.69) is 10.3 Å². The topological polar surface area (TPSA) is 64.0 Å². The molecule has 0 aliphatic heterocycles. The molecule has 0 radical (unpaired) electrons. The zero-order valence-electron chi connectivity index (χ0n) is 14.7. The molecule has 7 heteroatoms. The Kier molecular flexibility index (Phi) is 4.58. The van der Waals surface area contributed by atoms with Gasteiger partial charge in [0.1, 0.15) is 4.83 Å². The summed E-state index contributed by atoms with van der Waals surface area (Å²) < 4.78 is 1.57. The maximum Gasteiger partial charge on any atom is 0.262 e. The van der Waals surface area contributed by atoms with Crippen molar-refractivity contribution in [1.29, 1.82) is 0 Å². The van der Waals surface area contributed by atoms with Gasteiger partial charge in [0.15, 0.2) is 5.16 Å². The number of rotatable bonds is 4. The van der Waals surface area contributed by atoms with Gasteiger partial charge >= 0.3 is 0 Å². The molecule has 0 bridgehead atoms. The van der Waals surface area contributed by atoms with Crippen LogP contribution in [0.25, 0.3) is 10.2 Å². The van der Waals surface area contributed by atoms with Crippen LogP contribution in [0.3, 0.4) is 0 Å². The van der Waals surface area contributed by atoms with E-state index in [1.165, 1.54) is 22.2 Å². The summed E-state index contributed by atoms with van der Waals surface area (Å²) in [6.45, 7) is 1.98. The molecular weight excluding hydrogens is 366 g/mol. The molecular formula is C19H19N3O2S2. The highest BCUT2D eigenvalue weighted by Gasteiger charge is 2.22. The lowest BCUT2D eigenvalue weighted by Crippen LogP contribution is -2.21. The van der Waals surface area contributed by atoms with Crippen LogP contribution in [0.5, 0.6) is 0 Å². The number of amides is 1. The van der Waals surface area contributed by atoms with E-state index in [9.17, 15) is 9.59 Å². The number of aromatic nitrogens is 2. The molecule has 2 aromatic heterocycles. The molecule has 1 aliphatic rings. The van der Waals surface area contributed by atoms with Gasteiger partial charge in [0.2, 0.25) is 5.91 Å². The number of anilines is 1. The molecule has 134 valence electrons. The number of carbonyl (C=O) groups excluding carboxylic acids is 1. The molecule has 26 heavy (non-hydrogen) atoms. The minimum Gasteiger partial charge on any atom is -0.325 e. The Bertz CT molecular complexity index is 1070. The molecule has 1 aliphatic carbocycles. The van der Waals surface area contributed by atoms with Crippen molar-refractivity contribution in [3.05, 3.63) is 50.6 Å². The molecule has 4 rings (SSSR count). The van der Waals surface area contributed by atoms with Gasteiger partial charge < -0.3 is 5.32 Å². The van der Waals surface area contributed by atoms with E-state index in [0.717, 1.165) is 40.7 Å². The first-order valence-electron chi connectivity index (χ1n) is 8.53. The number of carbonyl (C=O) groups is 1. The number of nitrogens with one attached hydrogen (secondary N) is 1. The van der Waals surface area contributed by atoms with Crippen LogP contribution in [-0.4, -0.2) is 21.2 Å². The molecule has 0 fully saturated rings. The standard InChI is InChI=1S/C19H19N3O2S2/c1-11-5-3-6-12(9-11)20-15(23)10-25-19-21-17-16(18(24)22(19)2)13-7-4-8-14(13)26-17/h3,5-6,9H,4,7-8,10H2,1-2H3,(H,20,23). The van der Waals surface area contributed by atoms with Gasteiger partial charge in [-0.3, -0.25) is 14.2 Å². The zero-order valence-corrected chi connectivity index (χ0v) is 16.3. The number of hydrogen-bond acceptors (Lipinski definition) is 5. The molecule has 5 nitrogen and oxygen atoms in total. The summed E-state index contributed by atoms with van der Waals surface area (Å²) in [5.41, 5.74) is 3.06. The van der Waals surface area contributed by atoms with E-state index in [0.29, 0.717) is 5.16 Å². The molecule has 2 heterocycles. The summed E-state index contributed by atoms with van der Waals surface area (Å²) in [7, 11) is 1.73. The second-order valence-corrected chi connectivity index (χ2v) is 8.53. The first-order valence-corrected chi connectivity index (χ1v) is 10.3. The number of thiophene rings is 1. The van der Waals surface area contributed by atoms with E-state index < -0.39 is 0 Å². The van der Waals surface area contributed by atoms with Gasteiger partial charge in [0, 0.05) is 17.6 Å². The van der Waals surface area contributed by atoms with Crippen LogP contribution in [0.15, 0.2) is 34.2 Å². The molecule has 1 N–H and O–H groups in total. The summed E-state index contributed by atoms with van der Waals surface area (Å²) in [5.74, 6) is 0.105. The van der Waals surface area contributed by atoms with Crippen molar-refractivity contribution in [2.45, 2.75) is 31.3 Å². The summed E-state index contributed by atoms with van der Waals surface area (Å²) in [5, 5.41) is 4.24. The van der Waals surface area contributed by atoms with Gasteiger partial charge in [0.05, 0.1) is 11.1 Å². The third-order valence-corrected chi connectivity index (χ3v) is 6.76. The summed E-state index contributed by atoms with van der Waals surface area (Å²) in [4.78, 5) is 31.7. The van der Waals surface area contributed by atoms with Crippen LogP contribution in [0, 0.1) is 6.92 Å². The number of hydrogen-bond donors (Lipinski definition) is 1. The first kappa shape index (κ1) is 17.3. The monoisotopic (exact) mass is 385 g/mol. The van der Waals surface area contributed by atoms with Crippen LogP contribution in [-0.2, 0) is 24.7 Å². The predicted octanol–water partition coefficient (Wildman–Crippen LogP) is 3.52. The van der Waals surface area contributed by atoms with E-state index in [4.69, 9.17) is 0 Å². The van der Waals surface area contributed by atoms with Gasteiger partial charge in [-0.05, 0) is 49.4 Å². The van der Waals surface area contributed by atoms with Crippen molar-refractivity contribution < 1.29 is 4.79 Å². The van der Waals surface area contributed by atoms with E-state index >= 15 is 0 Å². The Morgan fingerprint density at radius 2 is 2.23 bits per heavy atom. The fourth-order valence-electron chi connectivity index (χ4n) is 3.28. The first-order chi connectivity index (χ1) is 12.5. The minimum absolute atomic E-state index is 0.00371. The van der Waals surface area contributed by atoms with Gasteiger partial charge in [-0.25, -0.2) is 4.98 Å². The predicted molar refractivity (Wildman–Crippen MR) is 107 cm³/mol. The Morgan fingerprint density at radius 1 is 1.38 bits per heavy atom. The van der Waals surface area contributed by atoms with Gasteiger partial charge in [0.25, 0.3) is 5.56 Å². The summed E-state index contributed by atoms with van der Waals surface area (Å²) in [6.07, 6.45) is 3.13. The number of fused-ring (bicyclic) bond motifs is 3. The highest BCUT2D eigenvalue weighted by atomic mass is 32.2. The van der Waals surface area contributed by atoms with Crippen molar-refractivity contribution in [3.63, 3.8) is 0 Å². The Hall–Kier alpha value is -2.12. The third kappa shape index (κ3) is 3.17. The minimum atomic E-state index is -0.108. The molecule has 0 saturated carbocycles. The SMILES string of the molecule is Cc1cccc(NC(=O)CSc2nc3sc4c(c3c(=O)n2C)CCC4)c1. The molecule has 0 saturated heterocycles. The molecule has 0 spiro atoms. The van der Waals surface area contributed by atoms with Crippen LogP contribution < -0.4 is 10.9 Å². The number of nitrogens with zero attached hydrogens (tertiary/aromatic N) is 2. The molecule has 1 aromatic carbocycles. The highest BCUT2D eigenvalue weighted by molar-refractivity contribution is 7.99. The lowest BCUT2D eigenvalue weighted by atomic mass is 10.2. The van der Waals surface area contributed by atoms with E-state index in [1.807, 2.05) is 31.2 Å². The summed E-state index contributed by atoms with van der Waals surface area (Å²) in [6, 6.07) is 7.68. The normalized spacial score (nSPS) is 13.2. The lowest BCUT2D eigenvalue weighted by Gasteiger charge is -2.08. The van der Waals surface area contributed by atoms with Crippen LogP contribution in [0.4, 0.5) is 5.69 Å². The third-order valence-electron chi connectivity index (χ3n) is 4.54. The molecule has 3 aromatic rings. The van der Waals surface area contributed by atoms with E-state index in [-0.39, 0.29) is 17.2 Å². The van der Waals surface area contributed by atoms with Crippen LogP contribution in [0.1, 0.15) is 22.4 Å². The molecule has 0 atom stereocenters. The van der Waals surface area contributed by atoms with Crippen molar-refractivity contribution in [3.8, 4) is 0 Å². The van der Waals surface area contributed by atoms with Crippen LogP contribution in [0.2, 0.25) is 0 Å². The molecule has 1 amide bonds. The highest BCUT2D eigenvalue weighted by Crippen LogP contribution is 2.35. The van der Waals surface area contributed by atoms with Gasteiger partial charge in [-0.2, -0.15) is 0 Å². The number of benzene rings is 1. The van der Waals surface area contributed by atoms with Gasteiger partial charge in [-0.1, -0.05) is 23.9 Å². The Balaban J connectivity index is 1.53. The zero-order chi connectivity index (χ0) is 18.3. The van der Waals surface area contributed by atoms with Crippen molar-refractivity contribution >= 4 is 44.9 Å². The Morgan fingerprint density at radius 3 is 3.04 bits per heavy atom. The van der Waals surface area contributed by atoms with E-state index in [1.54, 1.807) is 23.0 Å². The maximum absolute atomic E-state index is 12.8. The largest absolute Gasteiger partial charge is 0.325 e. The second-order valence-electron chi connectivity index (χ2n) is 6.50. The van der Waals surface area contributed by atoms with Crippen molar-refractivity contribution in [2.75, 3.05) is 11.1 Å². The average molecular weight is 386 g/mol. The smallest absolute Gasteiger partial charge is 0.262 e. The number of aryl methyl sites for hydroxylation is 3. The maximum atomic E-state index is 12.8. The second kappa shape index (κ2) is 6.89. The molecule has 0 unspecified atom stereocenters. The van der Waals surface area contributed by atoms with Crippen molar-refractivity contribution in [2.24, 2.45) is 7.05 Å². The fourth-order valence-corrected chi connectivity index (χ4v) is 5.36. The lowest BCUT2D eigenvalue weighted by molar-refractivity contribution is -0.113. The number of thioether (sulfide) groups is 1. The average Bonchev–Trinajstić information content (AvgIpc) is 3.17. The van der Waals surface area contributed by atoms with Crippen LogP contribution >= 0.6 is 23.1 Å². The van der Waals surface area contributed by atoms with Crippen molar-refractivity contribution in [1.82, 2.24) is 9.55 Å². The Labute approximate surface area is 159 Å². The quantitative estimate of drug-likeness (QED) is 0.551. The van der Waals surface area contributed by atoms with Gasteiger partial charge in [-0.15, -0.1) is 11.3 Å². The summed E-state index contributed by atoms with van der Waals surface area (Å²) >= 11 is 2.92.